The number of hydrogen-bond acceptors (Lipinski definition) is 2. The maximum Gasteiger partial charge on any atom is 0.164 e. The van der Waals surface area contributed by atoms with E-state index in [9.17, 15) is 0 Å². The Labute approximate surface area is 68.7 Å². The zero-order valence-electron chi connectivity index (χ0n) is 5.57. The van der Waals surface area contributed by atoms with Crippen LogP contribution in [0.2, 0.25) is 0 Å². The molecule has 0 aromatic heterocycles. The highest BCUT2D eigenvalue weighted by atomic mass is 79.9. The van der Waals surface area contributed by atoms with Crippen molar-refractivity contribution in [1.29, 1.82) is 0 Å². The Morgan fingerprint density at radius 1 is 1.30 bits per heavy atom. The first kappa shape index (κ1) is 8.24. The molecule has 0 aromatic carbocycles. The zero-order chi connectivity index (χ0) is 7.56. The largest absolute Gasteiger partial charge is 0.367 e. The molecule has 1 unspecified atom stereocenters. The molecule has 1 rings (SSSR count). The van der Waals surface area contributed by atoms with Crippen LogP contribution in [0.1, 0.15) is 12.8 Å². The molecular formula is C7H11BrO2. The first-order chi connectivity index (χ1) is 4.72. The normalized spacial score (nSPS) is 22.4. The quantitative estimate of drug-likeness (QED) is 0.403. The van der Waals surface area contributed by atoms with Gasteiger partial charge in [0.1, 0.15) is 0 Å². The van der Waals surface area contributed by atoms with Crippen molar-refractivity contribution in [3.05, 3.63) is 12.2 Å². The van der Waals surface area contributed by atoms with Gasteiger partial charge in [0, 0.05) is 0 Å². The van der Waals surface area contributed by atoms with Crippen LogP contribution < -0.4 is 0 Å². The zero-order valence-corrected chi connectivity index (χ0v) is 7.16. The van der Waals surface area contributed by atoms with Gasteiger partial charge in [-0.15, -0.1) is 0 Å². The van der Waals surface area contributed by atoms with Crippen LogP contribution in [0.3, 0.4) is 0 Å². The molecule has 3 heteroatoms. The van der Waals surface area contributed by atoms with Gasteiger partial charge in [-0.05, 0) is 18.8 Å². The van der Waals surface area contributed by atoms with Gasteiger partial charge in [-0.1, -0.05) is 28.1 Å². The average molecular weight is 207 g/mol. The van der Waals surface area contributed by atoms with E-state index >= 15 is 0 Å². The van der Waals surface area contributed by atoms with Crippen LogP contribution in [0, 0.1) is 5.92 Å². The molecule has 0 aliphatic heterocycles. The molecule has 0 bridgehead atoms. The molecule has 0 fully saturated rings. The lowest BCUT2D eigenvalue weighted by molar-refractivity contribution is -0.0476. The van der Waals surface area contributed by atoms with Crippen LogP contribution in [-0.2, 0) is 0 Å². The minimum Gasteiger partial charge on any atom is -0.367 e. The van der Waals surface area contributed by atoms with Gasteiger partial charge < -0.3 is 10.2 Å². The molecule has 58 valence electrons. The predicted molar refractivity (Wildman–Crippen MR) is 42.8 cm³/mol. The van der Waals surface area contributed by atoms with E-state index in [-0.39, 0.29) is 4.83 Å². The van der Waals surface area contributed by atoms with E-state index in [4.69, 9.17) is 10.2 Å². The van der Waals surface area contributed by atoms with Crippen molar-refractivity contribution >= 4 is 15.9 Å². The van der Waals surface area contributed by atoms with E-state index in [1.54, 1.807) is 0 Å². The van der Waals surface area contributed by atoms with Crippen molar-refractivity contribution in [1.82, 2.24) is 0 Å². The lowest BCUT2D eigenvalue weighted by Crippen LogP contribution is -2.26. The second-order valence-electron chi connectivity index (χ2n) is 2.56. The summed E-state index contributed by atoms with van der Waals surface area (Å²) in [5.41, 5.74) is 0. The maximum atomic E-state index is 8.76. The number of hydrogen-bond donors (Lipinski definition) is 2. The standard InChI is InChI=1S/C7H11BrO2/c8-6(7(9)10)5-3-1-2-4-5/h1-2,5-7,9-10H,3-4H2. The van der Waals surface area contributed by atoms with Gasteiger partial charge in [0.15, 0.2) is 6.29 Å². The third-order valence-corrected chi connectivity index (χ3v) is 3.00. The van der Waals surface area contributed by atoms with E-state index in [1.165, 1.54) is 0 Å². The van der Waals surface area contributed by atoms with E-state index in [0.717, 1.165) is 12.8 Å². The van der Waals surface area contributed by atoms with Gasteiger partial charge in [0.25, 0.3) is 0 Å². The fraction of sp³-hybridized carbons (Fsp3) is 0.714. The van der Waals surface area contributed by atoms with Gasteiger partial charge in [-0.25, -0.2) is 0 Å². The highest BCUT2D eigenvalue weighted by Crippen LogP contribution is 2.27. The molecule has 0 spiro atoms. The SMILES string of the molecule is OC(O)C(Br)C1CC=CC1. The molecular weight excluding hydrogens is 196 g/mol. The maximum absolute atomic E-state index is 8.76. The first-order valence-electron chi connectivity index (χ1n) is 3.37. The number of aliphatic hydroxyl groups is 2. The average Bonchev–Trinajstić information content (AvgIpc) is 2.36. The molecule has 1 atom stereocenters. The predicted octanol–water partition coefficient (Wildman–Crippen LogP) is 1.03. The van der Waals surface area contributed by atoms with Crippen LogP contribution in [0.4, 0.5) is 0 Å². The summed E-state index contributed by atoms with van der Waals surface area (Å²) in [5, 5.41) is 17.5. The molecule has 0 amide bonds. The van der Waals surface area contributed by atoms with Crippen molar-refractivity contribution in [2.75, 3.05) is 0 Å². The fourth-order valence-corrected chi connectivity index (χ4v) is 1.57. The van der Waals surface area contributed by atoms with Crippen LogP contribution in [0.5, 0.6) is 0 Å². The second kappa shape index (κ2) is 3.51. The molecule has 0 saturated carbocycles. The molecule has 2 nitrogen and oxygen atoms in total. The topological polar surface area (TPSA) is 40.5 Å². The molecule has 0 saturated heterocycles. The van der Waals surface area contributed by atoms with Gasteiger partial charge in [0.05, 0.1) is 4.83 Å². The summed E-state index contributed by atoms with van der Waals surface area (Å²) in [6.45, 7) is 0. The van der Waals surface area contributed by atoms with Crippen LogP contribution >= 0.6 is 15.9 Å². The van der Waals surface area contributed by atoms with Crippen LogP contribution in [0.25, 0.3) is 0 Å². The third kappa shape index (κ3) is 1.81. The monoisotopic (exact) mass is 206 g/mol. The summed E-state index contributed by atoms with van der Waals surface area (Å²) >= 11 is 3.23. The van der Waals surface area contributed by atoms with Crippen LogP contribution in [0.15, 0.2) is 12.2 Å². The highest BCUT2D eigenvalue weighted by molar-refractivity contribution is 9.09. The molecule has 0 radical (unpaired) electrons. The lowest BCUT2D eigenvalue weighted by Gasteiger charge is -2.18. The Kier molecular flexibility index (Phi) is 2.89. The molecule has 0 heterocycles. The van der Waals surface area contributed by atoms with E-state index in [0.29, 0.717) is 5.92 Å². The Balaban J connectivity index is 2.34. The summed E-state index contributed by atoms with van der Waals surface area (Å²) in [5.74, 6) is 0.361. The smallest absolute Gasteiger partial charge is 0.164 e. The van der Waals surface area contributed by atoms with Crippen molar-refractivity contribution in [2.24, 2.45) is 5.92 Å². The van der Waals surface area contributed by atoms with Gasteiger partial charge in [-0.2, -0.15) is 0 Å². The Morgan fingerprint density at radius 3 is 2.20 bits per heavy atom. The summed E-state index contributed by atoms with van der Waals surface area (Å²) in [6, 6.07) is 0. The number of halogens is 1. The van der Waals surface area contributed by atoms with Crippen molar-refractivity contribution in [3.63, 3.8) is 0 Å². The Morgan fingerprint density at radius 2 is 1.80 bits per heavy atom. The second-order valence-corrected chi connectivity index (χ2v) is 3.62. The Hall–Kier alpha value is 0.140. The number of aliphatic hydroxyl groups excluding tert-OH is 1. The third-order valence-electron chi connectivity index (χ3n) is 1.78. The lowest BCUT2D eigenvalue weighted by atomic mass is 10.0. The minimum absolute atomic E-state index is 0.178. The first-order valence-corrected chi connectivity index (χ1v) is 4.28. The van der Waals surface area contributed by atoms with Crippen LogP contribution in [-0.4, -0.2) is 21.3 Å². The van der Waals surface area contributed by atoms with Crippen molar-refractivity contribution < 1.29 is 10.2 Å². The van der Waals surface area contributed by atoms with E-state index in [1.807, 2.05) is 0 Å². The Bertz CT molecular complexity index is 126. The minimum atomic E-state index is -1.23. The molecule has 10 heavy (non-hydrogen) atoms. The van der Waals surface area contributed by atoms with Gasteiger partial charge in [-0.3, -0.25) is 0 Å². The summed E-state index contributed by atoms with van der Waals surface area (Å²) in [7, 11) is 0. The molecule has 1 aliphatic carbocycles. The molecule has 0 aromatic rings. The van der Waals surface area contributed by atoms with Crippen molar-refractivity contribution in [3.8, 4) is 0 Å². The number of alkyl halides is 1. The van der Waals surface area contributed by atoms with Gasteiger partial charge in [0.2, 0.25) is 0 Å². The molecule has 2 N–H and O–H groups in total. The fourth-order valence-electron chi connectivity index (χ4n) is 1.14. The van der Waals surface area contributed by atoms with E-state index in [2.05, 4.69) is 28.1 Å². The number of allylic oxidation sites excluding steroid dienone is 2. The van der Waals surface area contributed by atoms with Gasteiger partial charge >= 0.3 is 0 Å². The molecule has 1 aliphatic rings. The number of rotatable bonds is 2. The van der Waals surface area contributed by atoms with E-state index < -0.39 is 6.29 Å². The highest BCUT2D eigenvalue weighted by Gasteiger charge is 2.24. The van der Waals surface area contributed by atoms with Crippen molar-refractivity contribution in [2.45, 2.75) is 24.0 Å². The summed E-state index contributed by atoms with van der Waals surface area (Å²) in [6.07, 6.45) is 4.81. The summed E-state index contributed by atoms with van der Waals surface area (Å²) < 4.78 is 0. The summed E-state index contributed by atoms with van der Waals surface area (Å²) in [4.78, 5) is -0.178.